The van der Waals surface area contributed by atoms with Crippen LogP contribution in [-0.4, -0.2) is 36.7 Å². The number of aryl methyl sites for hydroxylation is 3. The predicted molar refractivity (Wildman–Crippen MR) is 120 cm³/mol. The van der Waals surface area contributed by atoms with E-state index in [0.717, 1.165) is 22.2 Å². The summed E-state index contributed by atoms with van der Waals surface area (Å²) >= 11 is 6.11. The average molecular weight is 451 g/mol. The quantitative estimate of drug-likeness (QED) is 0.488. The Labute approximate surface area is 187 Å². The highest BCUT2D eigenvalue weighted by atomic mass is 35.5. The van der Waals surface area contributed by atoms with Crippen LogP contribution >= 0.6 is 11.6 Å². The molecule has 0 saturated carbocycles. The Morgan fingerprint density at radius 3 is 2.59 bits per heavy atom. The number of hydrogen-bond donors (Lipinski definition) is 2. The molecule has 1 atom stereocenters. The Balaban J connectivity index is 1.75. The monoisotopic (exact) mass is 450 g/mol. The van der Waals surface area contributed by atoms with E-state index in [0.29, 0.717) is 22.0 Å². The van der Waals surface area contributed by atoms with Crippen LogP contribution in [-0.2, 0) is 14.1 Å². The summed E-state index contributed by atoms with van der Waals surface area (Å²) in [5, 5.41) is 20.5. The number of hydrogen-bond acceptors (Lipinski definition) is 4. The highest BCUT2D eigenvalue weighted by molar-refractivity contribution is 6.30. The summed E-state index contributed by atoms with van der Waals surface area (Å²) < 4.78 is 3.45. The molecule has 2 aromatic carbocycles. The second-order valence-corrected chi connectivity index (χ2v) is 8.25. The summed E-state index contributed by atoms with van der Waals surface area (Å²) in [6.07, 6.45) is 0.391. The number of rotatable bonds is 3. The molecule has 0 bridgehead atoms. The molecule has 0 aliphatic carbocycles. The van der Waals surface area contributed by atoms with E-state index < -0.39 is 12.1 Å². The van der Waals surface area contributed by atoms with Crippen molar-refractivity contribution in [3.63, 3.8) is 0 Å². The first-order valence-corrected chi connectivity index (χ1v) is 10.2. The molecule has 2 aromatic heterocycles. The summed E-state index contributed by atoms with van der Waals surface area (Å²) in [6, 6.07) is 10.6. The van der Waals surface area contributed by atoms with Gasteiger partial charge in [-0.2, -0.15) is 0 Å². The number of fused-ring (bicyclic) bond motifs is 2. The lowest BCUT2D eigenvalue weighted by Crippen LogP contribution is -2.30. The summed E-state index contributed by atoms with van der Waals surface area (Å²) in [5.41, 5.74) is 5.24. The number of amides is 2. The van der Waals surface area contributed by atoms with Crippen molar-refractivity contribution in [2.75, 3.05) is 10.2 Å². The number of nitrogens with zero attached hydrogens (tertiary/aromatic N) is 5. The largest absolute Gasteiger partial charge is 0.465 e. The summed E-state index contributed by atoms with van der Waals surface area (Å²) in [6.45, 7) is 1.92. The highest BCUT2D eigenvalue weighted by Gasteiger charge is 2.43. The first-order valence-electron chi connectivity index (χ1n) is 9.84. The number of halogens is 1. The average Bonchev–Trinajstić information content (AvgIpc) is 3.36. The number of anilines is 2. The molecule has 1 aliphatic heterocycles. The van der Waals surface area contributed by atoms with Gasteiger partial charge in [-0.25, -0.2) is 9.48 Å². The van der Waals surface area contributed by atoms with Crippen molar-refractivity contribution in [3.05, 3.63) is 70.0 Å². The van der Waals surface area contributed by atoms with E-state index >= 15 is 0 Å². The van der Waals surface area contributed by atoms with Gasteiger partial charge in [0.2, 0.25) is 0 Å². The van der Waals surface area contributed by atoms with Crippen LogP contribution in [0.5, 0.6) is 0 Å². The van der Waals surface area contributed by atoms with Crippen molar-refractivity contribution in [2.45, 2.75) is 13.0 Å². The van der Waals surface area contributed by atoms with Gasteiger partial charge in [-0.1, -0.05) is 28.9 Å². The van der Waals surface area contributed by atoms with Gasteiger partial charge in [0.15, 0.2) is 0 Å². The van der Waals surface area contributed by atoms with Gasteiger partial charge in [0.1, 0.15) is 11.6 Å². The number of carbonyl (C=O) groups is 2. The number of carbonyl (C=O) groups excluding carboxylic acids is 1. The molecule has 0 fully saturated rings. The lowest BCUT2D eigenvalue weighted by molar-refractivity contribution is 0.0994. The molecule has 0 spiro atoms. The zero-order chi connectivity index (χ0) is 22.7. The SMILES string of the molecule is Cc1cc(N2C(=O)c3c(NC(=O)O)cn(C)c3C2c2ccc(Cl)cc2)cc2c1nnn2C. The molecule has 162 valence electrons. The molecule has 2 N–H and O–H groups in total. The van der Waals surface area contributed by atoms with Crippen LogP contribution in [0.4, 0.5) is 16.2 Å². The number of aromatic nitrogens is 4. The van der Waals surface area contributed by atoms with E-state index in [1.54, 1.807) is 46.6 Å². The minimum absolute atomic E-state index is 0.251. The van der Waals surface area contributed by atoms with Crippen LogP contribution in [0.15, 0.2) is 42.6 Å². The van der Waals surface area contributed by atoms with Crippen LogP contribution in [0.25, 0.3) is 11.0 Å². The van der Waals surface area contributed by atoms with E-state index in [4.69, 9.17) is 11.6 Å². The topological polar surface area (TPSA) is 105 Å². The van der Waals surface area contributed by atoms with E-state index in [1.165, 1.54) is 0 Å². The molecule has 3 heterocycles. The number of benzene rings is 2. The normalized spacial score (nSPS) is 15.4. The van der Waals surface area contributed by atoms with Gasteiger partial charge >= 0.3 is 6.09 Å². The van der Waals surface area contributed by atoms with Gasteiger partial charge in [0, 0.05) is 31.0 Å². The zero-order valence-electron chi connectivity index (χ0n) is 17.5. The van der Waals surface area contributed by atoms with E-state index in [1.807, 2.05) is 31.2 Å². The van der Waals surface area contributed by atoms with Crippen LogP contribution in [0, 0.1) is 6.92 Å². The molecular formula is C22H19ClN6O3. The van der Waals surface area contributed by atoms with Gasteiger partial charge in [0.25, 0.3) is 5.91 Å². The Kier molecular flexibility index (Phi) is 4.45. The lowest BCUT2D eigenvalue weighted by atomic mass is 10.0. The third kappa shape index (κ3) is 2.93. The van der Waals surface area contributed by atoms with E-state index in [2.05, 4.69) is 15.6 Å². The number of carboxylic acid groups (broad SMARTS) is 1. The third-order valence-electron chi connectivity index (χ3n) is 5.78. The molecule has 10 heteroatoms. The van der Waals surface area contributed by atoms with Crippen molar-refractivity contribution in [2.24, 2.45) is 14.1 Å². The van der Waals surface area contributed by atoms with Gasteiger partial charge in [-0.15, -0.1) is 5.10 Å². The van der Waals surface area contributed by atoms with Crippen LogP contribution in [0.3, 0.4) is 0 Å². The number of nitrogens with one attached hydrogen (secondary N) is 1. The zero-order valence-corrected chi connectivity index (χ0v) is 18.3. The van der Waals surface area contributed by atoms with Crippen LogP contribution in [0.2, 0.25) is 5.02 Å². The third-order valence-corrected chi connectivity index (χ3v) is 6.03. The van der Waals surface area contributed by atoms with Crippen LogP contribution in [0.1, 0.15) is 33.2 Å². The lowest BCUT2D eigenvalue weighted by Gasteiger charge is -2.27. The van der Waals surface area contributed by atoms with Crippen molar-refractivity contribution in [1.82, 2.24) is 19.6 Å². The minimum Gasteiger partial charge on any atom is -0.465 e. The second kappa shape index (κ2) is 7.10. The van der Waals surface area contributed by atoms with Crippen LogP contribution < -0.4 is 10.2 Å². The Bertz CT molecular complexity index is 1410. The molecule has 1 aliphatic rings. The van der Waals surface area contributed by atoms with Crippen molar-refractivity contribution >= 4 is 46.0 Å². The molecular weight excluding hydrogens is 432 g/mol. The first-order chi connectivity index (χ1) is 15.3. The summed E-state index contributed by atoms with van der Waals surface area (Å²) in [4.78, 5) is 26.8. The molecule has 4 aromatic rings. The highest BCUT2D eigenvalue weighted by Crippen LogP contribution is 2.45. The molecule has 0 saturated heterocycles. The van der Waals surface area contributed by atoms with Gasteiger partial charge in [0.05, 0.1) is 22.5 Å². The van der Waals surface area contributed by atoms with Crippen molar-refractivity contribution < 1.29 is 14.7 Å². The van der Waals surface area contributed by atoms with Crippen molar-refractivity contribution in [1.29, 1.82) is 0 Å². The molecule has 5 rings (SSSR count). The Morgan fingerprint density at radius 1 is 1.19 bits per heavy atom. The molecule has 0 radical (unpaired) electrons. The van der Waals surface area contributed by atoms with Gasteiger partial charge < -0.3 is 9.67 Å². The fourth-order valence-electron chi connectivity index (χ4n) is 4.40. The molecule has 1 unspecified atom stereocenters. The fraction of sp³-hybridized carbons (Fsp3) is 0.182. The maximum absolute atomic E-state index is 13.7. The summed E-state index contributed by atoms with van der Waals surface area (Å²) in [7, 11) is 3.59. The predicted octanol–water partition coefficient (Wildman–Crippen LogP) is 4.11. The second-order valence-electron chi connectivity index (χ2n) is 7.82. The first kappa shape index (κ1) is 20.1. The van der Waals surface area contributed by atoms with Crippen molar-refractivity contribution in [3.8, 4) is 0 Å². The van der Waals surface area contributed by atoms with E-state index in [-0.39, 0.29) is 11.6 Å². The maximum Gasteiger partial charge on any atom is 0.409 e. The minimum atomic E-state index is -1.23. The summed E-state index contributed by atoms with van der Waals surface area (Å²) in [5.74, 6) is -0.293. The molecule has 9 nitrogen and oxygen atoms in total. The fourth-order valence-corrected chi connectivity index (χ4v) is 4.53. The standard InChI is InChI=1S/C22H19ClN6O3/c1-11-8-14(9-16-18(11)25-26-28(16)3)29-19(12-4-6-13(23)7-5-12)20-17(21(29)30)15(10-27(20)2)24-22(31)32/h4-10,19,24H,1-3H3,(H,31,32). The maximum atomic E-state index is 13.7. The van der Waals surface area contributed by atoms with E-state index in [9.17, 15) is 14.7 Å². The van der Waals surface area contributed by atoms with Gasteiger partial charge in [-0.05, 0) is 42.3 Å². The Hall–Kier alpha value is -3.85. The Morgan fingerprint density at radius 2 is 1.91 bits per heavy atom. The molecule has 32 heavy (non-hydrogen) atoms. The smallest absolute Gasteiger partial charge is 0.409 e. The van der Waals surface area contributed by atoms with Gasteiger partial charge in [-0.3, -0.25) is 15.0 Å². The molecule has 2 amide bonds.